The van der Waals surface area contributed by atoms with Crippen LogP contribution in [0.2, 0.25) is 0 Å². The van der Waals surface area contributed by atoms with E-state index in [1.807, 2.05) is 123 Å². The Labute approximate surface area is 384 Å². The Morgan fingerprint density at radius 1 is 0.484 bits per heavy atom. The van der Waals surface area contributed by atoms with Gasteiger partial charge in [-0.3, -0.25) is 0 Å². The number of sulfonamides is 2. The molecule has 2 aliphatic rings. The summed E-state index contributed by atoms with van der Waals surface area (Å²) in [6.07, 6.45) is 11.2. The van der Waals surface area contributed by atoms with Crippen LogP contribution in [0, 0.1) is 23.7 Å². The van der Waals surface area contributed by atoms with Gasteiger partial charge in [-0.25, -0.2) is 16.8 Å². The Morgan fingerprint density at radius 2 is 0.719 bits per heavy atom. The van der Waals surface area contributed by atoms with Gasteiger partial charge in [0.05, 0.1) is 38.9 Å². The first kappa shape index (κ1) is 50.4. The van der Waals surface area contributed by atoms with Crippen LogP contribution in [-0.2, 0) is 46.2 Å². The predicted octanol–water partition coefficient (Wildman–Crippen LogP) is 10.8. The van der Waals surface area contributed by atoms with Crippen LogP contribution in [0.3, 0.4) is 0 Å². The molecule has 12 heteroatoms. The van der Waals surface area contributed by atoms with Gasteiger partial charge < -0.3 is 18.9 Å². The second-order valence-corrected chi connectivity index (χ2v) is 21.5. The minimum Gasteiger partial charge on any atom is -0.497 e. The predicted molar refractivity (Wildman–Crippen MR) is 259 cm³/mol. The van der Waals surface area contributed by atoms with E-state index in [9.17, 15) is 16.8 Å². The molecule has 0 saturated heterocycles. The second-order valence-electron chi connectivity index (χ2n) is 17.3. The van der Waals surface area contributed by atoms with Crippen LogP contribution in [0.25, 0.3) is 0 Å². The minimum atomic E-state index is -3.55. The molecule has 0 bridgehead atoms. The molecule has 0 unspecified atom stereocenters. The van der Waals surface area contributed by atoms with Gasteiger partial charge in [0.2, 0.25) is 20.0 Å². The number of methoxy groups -OCH3 is 4. The zero-order valence-corrected chi connectivity index (χ0v) is 40.4. The molecular weight excluding hydrogens is 845 g/mol. The lowest BCUT2D eigenvalue weighted by Gasteiger charge is -2.39. The van der Waals surface area contributed by atoms with Gasteiger partial charge in [0.25, 0.3) is 0 Å². The third-order valence-corrected chi connectivity index (χ3v) is 17.9. The van der Waals surface area contributed by atoms with Crippen molar-refractivity contribution in [3.05, 3.63) is 145 Å². The Bertz CT molecular complexity index is 2000. The number of benzene rings is 4. The molecule has 0 aliphatic heterocycles. The molecule has 0 aromatic heterocycles. The fraction of sp³-hybridized carbons (Fsp3) is 0.462. The van der Waals surface area contributed by atoms with E-state index in [1.165, 1.54) is 0 Å². The maximum atomic E-state index is 14.1. The topological polar surface area (TPSA) is 112 Å². The zero-order chi connectivity index (χ0) is 46.3. The monoisotopic (exact) mass is 914 g/mol. The summed E-state index contributed by atoms with van der Waals surface area (Å²) >= 11 is 0. The van der Waals surface area contributed by atoms with Crippen molar-refractivity contribution in [1.29, 1.82) is 0 Å². The molecule has 6 rings (SSSR count). The van der Waals surface area contributed by atoms with Crippen LogP contribution in [0.4, 0.5) is 0 Å². The highest BCUT2D eigenvalue weighted by Gasteiger charge is 2.44. The highest BCUT2D eigenvalue weighted by atomic mass is 32.2. The minimum absolute atomic E-state index is 0.0250. The van der Waals surface area contributed by atoms with E-state index in [0.717, 1.165) is 83.8 Å². The molecule has 0 N–H and O–H groups in total. The van der Waals surface area contributed by atoms with Crippen molar-refractivity contribution in [2.75, 3.05) is 28.4 Å². The summed E-state index contributed by atoms with van der Waals surface area (Å²) < 4.78 is 80.6. The number of hydrogen-bond acceptors (Lipinski definition) is 8. The molecule has 0 spiro atoms. The van der Waals surface area contributed by atoms with Crippen molar-refractivity contribution < 1.29 is 35.8 Å². The smallest absolute Gasteiger partial charge is 0.218 e. The standard InChI is InChI=1S/2C26H35NO4S/c2*1-5-7-20(2)26(23-8-6-9-23)32(28,29)27(18-21-10-14-24(30-3)15-11-21)19-22-12-16-25(31-4)17-13-22/h2*5,10-17,20,23,26H,1,6-9,18-19H2,2-4H3/t20-,26+;20-,26-/m11/s1. The van der Waals surface area contributed by atoms with E-state index < -0.39 is 30.5 Å². The van der Waals surface area contributed by atoms with Gasteiger partial charge >= 0.3 is 0 Å². The van der Waals surface area contributed by atoms with Gasteiger partial charge in [-0.05, 0) is 133 Å². The zero-order valence-electron chi connectivity index (χ0n) is 38.7. The molecule has 348 valence electrons. The Hall–Kier alpha value is -4.62. The molecule has 2 fully saturated rings. The third kappa shape index (κ3) is 13.2. The van der Waals surface area contributed by atoms with Crippen LogP contribution in [0.1, 0.15) is 87.5 Å². The Morgan fingerprint density at radius 3 is 0.891 bits per heavy atom. The summed E-state index contributed by atoms with van der Waals surface area (Å²) in [5.74, 6) is 3.49. The number of nitrogens with zero attached hydrogens (tertiary/aromatic N) is 2. The van der Waals surface area contributed by atoms with Crippen molar-refractivity contribution in [2.45, 2.75) is 102 Å². The van der Waals surface area contributed by atoms with Gasteiger partial charge in [-0.1, -0.05) is 87.4 Å². The van der Waals surface area contributed by atoms with Gasteiger partial charge in [-0.15, -0.1) is 13.2 Å². The summed E-state index contributed by atoms with van der Waals surface area (Å²) in [5.41, 5.74) is 3.75. The van der Waals surface area contributed by atoms with E-state index in [0.29, 0.717) is 39.0 Å². The molecule has 64 heavy (non-hydrogen) atoms. The SMILES string of the molecule is C=CC[C@@H](C)[C@@H](C1CCC1)S(=O)(=O)N(Cc1ccc(OC)cc1)Cc1ccc(OC)cc1.C=CC[C@@H](C)[C@H](C1CCC1)S(=O)(=O)N(Cc1ccc(OC)cc1)Cc1ccc(OC)cc1. The molecule has 4 aromatic rings. The van der Waals surface area contributed by atoms with Crippen molar-refractivity contribution >= 4 is 20.0 Å². The maximum absolute atomic E-state index is 14.1. The summed E-state index contributed by atoms with van der Waals surface area (Å²) in [6.45, 7) is 13.1. The van der Waals surface area contributed by atoms with Crippen LogP contribution < -0.4 is 18.9 Å². The molecule has 4 aromatic carbocycles. The first-order chi connectivity index (χ1) is 30.8. The van der Waals surface area contributed by atoms with Crippen LogP contribution in [0.15, 0.2) is 122 Å². The summed E-state index contributed by atoms with van der Waals surface area (Å²) in [4.78, 5) is 0. The quantitative estimate of drug-likeness (QED) is 0.0639. The number of hydrogen-bond donors (Lipinski definition) is 0. The fourth-order valence-electron chi connectivity index (χ4n) is 8.89. The molecule has 10 nitrogen and oxygen atoms in total. The number of rotatable bonds is 24. The van der Waals surface area contributed by atoms with Gasteiger partial charge in [0, 0.05) is 26.2 Å². The summed E-state index contributed by atoms with van der Waals surface area (Å²) in [6, 6.07) is 30.4. The normalized spacial score (nSPS) is 16.2. The van der Waals surface area contributed by atoms with E-state index >= 15 is 0 Å². The average molecular weight is 915 g/mol. The van der Waals surface area contributed by atoms with Crippen molar-refractivity contribution in [3.8, 4) is 23.0 Å². The molecule has 0 heterocycles. The van der Waals surface area contributed by atoms with Crippen molar-refractivity contribution in [3.63, 3.8) is 0 Å². The Balaban J connectivity index is 0.000000241. The third-order valence-electron chi connectivity index (χ3n) is 12.9. The van der Waals surface area contributed by atoms with E-state index in [2.05, 4.69) is 13.2 Å². The Kier molecular flexibility index (Phi) is 18.9. The first-order valence-corrected chi connectivity index (χ1v) is 25.5. The van der Waals surface area contributed by atoms with E-state index in [-0.39, 0.29) is 23.7 Å². The largest absolute Gasteiger partial charge is 0.497 e. The second kappa shape index (κ2) is 24.1. The molecule has 2 saturated carbocycles. The van der Waals surface area contributed by atoms with Gasteiger partial charge in [0.1, 0.15) is 23.0 Å². The van der Waals surface area contributed by atoms with E-state index in [4.69, 9.17) is 18.9 Å². The van der Waals surface area contributed by atoms with Crippen LogP contribution >= 0.6 is 0 Å². The fourth-order valence-corrected chi connectivity index (χ4v) is 13.8. The number of allylic oxidation sites excluding steroid dienone is 2. The highest BCUT2D eigenvalue weighted by molar-refractivity contribution is 7.90. The van der Waals surface area contributed by atoms with Gasteiger partial charge in [0.15, 0.2) is 0 Å². The molecular formula is C52H70N2O8S2. The van der Waals surface area contributed by atoms with Gasteiger partial charge in [-0.2, -0.15) is 8.61 Å². The first-order valence-electron chi connectivity index (χ1n) is 22.5. The number of ether oxygens (including phenoxy) is 4. The van der Waals surface area contributed by atoms with Crippen LogP contribution in [0.5, 0.6) is 23.0 Å². The lowest BCUT2D eigenvalue weighted by Crippen LogP contribution is -2.46. The highest BCUT2D eigenvalue weighted by Crippen LogP contribution is 2.41. The maximum Gasteiger partial charge on any atom is 0.218 e. The molecule has 4 atom stereocenters. The van der Waals surface area contributed by atoms with Crippen molar-refractivity contribution in [1.82, 2.24) is 8.61 Å². The molecule has 0 amide bonds. The summed E-state index contributed by atoms with van der Waals surface area (Å²) in [7, 11) is -0.600. The molecule has 0 radical (unpaired) electrons. The van der Waals surface area contributed by atoms with Crippen LogP contribution in [-0.4, -0.2) is 64.4 Å². The molecule has 2 aliphatic carbocycles. The van der Waals surface area contributed by atoms with Crippen molar-refractivity contribution in [2.24, 2.45) is 23.7 Å². The lowest BCUT2D eigenvalue weighted by molar-refractivity contribution is 0.247. The lowest BCUT2D eigenvalue weighted by atomic mass is 9.78. The average Bonchev–Trinajstić information content (AvgIpc) is 3.26. The van der Waals surface area contributed by atoms with E-state index in [1.54, 1.807) is 37.0 Å². The summed E-state index contributed by atoms with van der Waals surface area (Å²) in [5, 5.41) is -0.795.